The lowest BCUT2D eigenvalue weighted by Crippen LogP contribution is -2.54. The molecular formula is C22H23N5O6. The molecule has 3 N–H and O–H groups in total. The zero-order valence-electron chi connectivity index (χ0n) is 18.2. The molecule has 0 bridgehead atoms. The predicted octanol–water partition coefficient (Wildman–Crippen LogP) is 1.41. The van der Waals surface area contributed by atoms with E-state index in [2.05, 4.69) is 20.8 Å². The van der Waals surface area contributed by atoms with Crippen molar-refractivity contribution in [1.29, 1.82) is 0 Å². The summed E-state index contributed by atoms with van der Waals surface area (Å²) in [6, 6.07) is 3.29. The van der Waals surface area contributed by atoms with Gasteiger partial charge in [-0.25, -0.2) is 0 Å². The van der Waals surface area contributed by atoms with Crippen LogP contribution in [0.5, 0.6) is 5.88 Å². The first-order valence-electron chi connectivity index (χ1n) is 10.7. The van der Waals surface area contributed by atoms with Gasteiger partial charge in [0.1, 0.15) is 11.7 Å². The fraction of sp³-hybridized carbons (Fsp3) is 0.364. The van der Waals surface area contributed by atoms with Gasteiger partial charge in [0.15, 0.2) is 0 Å². The summed E-state index contributed by atoms with van der Waals surface area (Å²) in [6.07, 6.45) is 1.44. The average Bonchev–Trinajstić information content (AvgIpc) is 3.31. The maximum Gasteiger partial charge on any atom is 0.274 e. The molecule has 3 heterocycles. The number of fused-ring (bicyclic) bond motifs is 1. The van der Waals surface area contributed by atoms with Gasteiger partial charge >= 0.3 is 0 Å². The third-order valence-electron chi connectivity index (χ3n) is 5.55. The van der Waals surface area contributed by atoms with E-state index in [1.54, 1.807) is 0 Å². The second-order valence-electron chi connectivity index (χ2n) is 7.75. The number of imide groups is 2. The van der Waals surface area contributed by atoms with Gasteiger partial charge < -0.3 is 10.1 Å². The summed E-state index contributed by atoms with van der Waals surface area (Å²) in [4.78, 5) is 63.0. The first kappa shape index (κ1) is 22.2. The number of carbonyl (C=O) groups excluding carboxylic acids is 5. The molecule has 11 nitrogen and oxygen atoms in total. The van der Waals surface area contributed by atoms with Gasteiger partial charge in [0, 0.05) is 17.7 Å². The predicted molar refractivity (Wildman–Crippen MR) is 115 cm³/mol. The van der Waals surface area contributed by atoms with Gasteiger partial charge in [-0.05, 0) is 37.5 Å². The summed E-state index contributed by atoms with van der Waals surface area (Å²) in [7, 11) is 0. The van der Waals surface area contributed by atoms with Crippen LogP contribution in [-0.2, 0) is 16.0 Å². The standard InChI is InChI=1S/C22H23N5O6/c1-3-9-33-20-12(4-2)17(25-26-20)19(30)23-11-5-6-13-14(10-11)22(32)27(21(13)31)15-7-8-16(28)24-18(15)29/h5-6,10,15H,3-4,7-9H2,1-2H3,(H,23,30)(H,25,26)(H,24,28,29). The summed E-state index contributed by atoms with van der Waals surface area (Å²) >= 11 is 0. The van der Waals surface area contributed by atoms with Crippen molar-refractivity contribution in [3.05, 3.63) is 40.6 Å². The van der Waals surface area contributed by atoms with Crippen LogP contribution >= 0.6 is 0 Å². The second-order valence-corrected chi connectivity index (χ2v) is 7.75. The SMILES string of the molecule is CCCOc1n[nH]c(C(=O)Nc2ccc3c(c2)C(=O)N(C2CCC(=O)NC2=O)C3=O)c1CC. The molecule has 33 heavy (non-hydrogen) atoms. The van der Waals surface area contributed by atoms with Gasteiger partial charge in [0.2, 0.25) is 17.7 Å². The summed E-state index contributed by atoms with van der Waals surface area (Å²) in [5.74, 6) is -2.47. The number of nitrogens with one attached hydrogen (secondary N) is 3. The molecule has 4 rings (SSSR count). The Labute approximate surface area is 188 Å². The van der Waals surface area contributed by atoms with Gasteiger partial charge in [0.25, 0.3) is 17.7 Å². The molecule has 0 radical (unpaired) electrons. The molecule has 1 aromatic heterocycles. The smallest absolute Gasteiger partial charge is 0.274 e. The molecule has 1 fully saturated rings. The van der Waals surface area contributed by atoms with Crippen molar-refractivity contribution in [2.75, 3.05) is 11.9 Å². The monoisotopic (exact) mass is 453 g/mol. The van der Waals surface area contributed by atoms with Crippen LogP contribution in [0.2, 0.25) is 0 Å². The molecule has 1 atom stereocenters. The molecule has 2 aliphatic heterocycles. The second kappa shape index (κ2) is 8.85. The number of carbonyl (C=O) groups is 5. The Morgan fingerprint density at radius 2 is 1.94 bits per heavy atom. The molecule has 0 saturated carbocycles. The van der Waals surface area contributed by atoms with Crippen LogP contribution in [-0.4, -0.2) is 57.3 Å². The van der Waals surface area contributed by atoms with Gasteiger partial charge in [-0.1, -0.05) is 13.8 Å². The van der Waals surface area contributed by atoms with Crippen LogP contribution in [0, 0.1) is 0 Å². The zero-order valence-corrected chi connectivity index (χ0v) is 18.2. The number of nitrogens with zero attached hydrogens (tertiary/aromatic N) is 2. The third kappa shape index (κ3) is 3.97. The zero-order chi connectivity index (χ0) is 23.7. The Kier molecular flexibility index (Phi) is 5.95. The topological polar surface area (TPSA) is 151 Å². The molecule has 0 aliphatic carbocycles. The Hall–Kier alpha value is -4.02. The number of hydrogen-bond acceptors (Lipinski definition) is 7. The van der Waals surface area contributed by atoms with Gasteiger partial charge in [-0.15, -0.1) is 5.10 Å². The highest BCUT2D eigenvalue weighted by Crippen LogP contribution is 2.30. The van der Waals surface area contributed by atoms with Crippen molar-refractivity contribution < 1.29 is 28.7 Å². The lowest BCUT2D eigenvalue weighted by molar-refractivity contribution is -0.136. The highest BCUT2D eigenvalue weighted by atomic mass is 16.5. The first-order valence-corrected chi connectivity index (χ1v) is 10.7. The van der Waals surface area contributed by atoms with Crippen molar-refractivity contribution in [3.8, 4) is 5.88 Å². The molecule has 2 aromatic rings. The molecule has 5 amide bonds. The molecule has 0 spiro atoms. The van der Waals surface area contributed by atoms with Crippen molar-refractivity contribution in [2.24, 2.45) is 0 Å². The number of amides is 5. The van der Waals surface area contributed by atoms with Crippen LogP contribution in [0.4, 0.5) is 5.69 Å². The molecule has 11 heteroatoms. The number of piperidine rings is 1. The Morgan fingerprint density at radius 3 is 2.64 bits per heavy atom. The third-order valence-corrected chi connectivity index (χ3v) is 5.55. The van der Waals surface area contributed by atoms with Gasteiger partial charge in [-0.2, -0.15) is 0 Å². The molecule has 2 aliphatic rings. The van der Waals surface area contributed by atoms with Crippen LogP contribution < -0.4 is 15.4 Å². The summed E-state index contributed by atoms with van der Waals surface area (Å²) < 4.78 is 5.57. The number of H-pyrrole nitrogens is 1. The minimum absolute atomic E-state index is 0.0407. The van der Waals surface area contributed by atoms with E-state index < -0.39 is 35.6 Å². The summed E-state index contributed by atoms with van der Waals surface area (Å²) in [6.45, 7) is 4.32. The summed E-state index contributed by atoms with van der Waals surface area (Å²) in [5.41, 5.74) is 1.40. The number of anilines is 1. The van der Waals surface area contributed by atoms with E-state index in [4.69, 9.17) is 4.74 Å². The maximum absolute atomic E-state index is 12.9. The average molecular weight is 453 g/mol. The van der Waals surface area contributed by atoms with Crippen LogP contribution in [0.1, 0.15) is 69.9 Å². The van der Waals surface area contributed by atoms with Crippen LogP contribution in [0.25, 0.3) is 0 Å². The lowest BCUT2D eigenvalue weighted by Gasteiger charge is -2.27. The van der Waals surface area contributed by atoms with Crippen molar-refractivity contribution in [3.63, 3.8) is 0 Å². The number of benzene rings is 1. The largest absolute Gasteiger partial charge is 0.476 e. The highest BCUT2D eigenvalue weighted by molar-refractivity contribution is 6.24. The van der Waals surface area contributed by atoms with Gasteiger partial charge in [0.05, 0.1) is 17.7 Å². The van der Waals surface area contributed by atoms with E-state index in [1.165, 1.54) is 18.2 Å². The van der Waals surface area contributed by atoms with Gasteiger partial charge in [-0.3, -0.25) is 39.3 Å². The fourth-order valence-corrected chi connectivity index (χ4v) is 3.92. The van der Waals surface area contributed by atoms with E-state index in [9.17, 15) is 24.0 Å². The molecule has 172 valence electrons. The highest BCUT2D eigenvalue weighted by Gasteiger charge is 2.44. The summed E-state index contributed by atoms with van der Waals surface area (Å²) in [5, 5.41) is 11.6. The van der Waals surface area contributed by atoms with E-state index in [-0.39, 0.29) is 29.7 Å². The number of hydrogen-bond donors (Lipinski definition) is 3. The Morgan fingerprint density at radius 1 is 1.18 bits per heavy atom. The number of aromatic amines is 1. The molecule has 1 unspecified atom stereocenters. The maximum atomic E-state index is 12.9. The lowest BCUT2D eigenvalue weighted by atomic mass is 10.0. The number of rotatable bonds is 7. The quantitative estimate of drug-likeness (QED) is 0.536. The minimum atomic E-state index is -1.05. The number of aromatic nitrogens is 2. The van der Waals surface area contributed by atoms with Crippen molar-refractivity contribution >= 4 is 35.2 Å². The number of ether oxygens (including phenoxy) is 1. The van der Waals surface area contributed by atoms with Crippen LogP contribution in [0.3, 0.4) is 0 Å². The fourth-order valence-electron chi connectivity index (χ4n) is 3.92. The first-order chi connectivity index (χ1) is 15.8. The Bertz CT molecular complexity index is 1170. The van der Waals surface area contributed by atoms with E-state index >= 15 is 0 Å². The molecule has 1 aromatic carbocycles. The molecule has 1 saturated heterocycles. The van der Waals surface area contributed by atoms with E-state index in [0.717, 1.165) is 11.3 Å². The minimum Gasteiger partial charge on any atom is -0.476 e. The van der Waals surface area contributed by atoms with E-state index in [1.807, 2.05) is 13.8 Å². The van der Waals surface area contributed by atoms with E-state index in [0.29, 0.717) is 30.2 Å². The normalized spacial score (nSPS) is 17.8. The van der Waals surface area contributed by atoms with Crippen molar-refractivity contribution in [2.45, 2.75) is 45.6 Å². The van der Waals surface area contributed by atoms with Crippen LogP contribution in [0.15, 0.2) is 18.2 Å². The molecular weight excluding hydrogens is 430 g/mol. The van der Waals surface area contributed by atoms with Crippen molar-refractivity contribution in [1.82, 2.24) is 20.4 Å². The Balaban J connectivity index is 1.54.